The Morgan fingerprint density at radius 3 is 2.28 bits per heavy atom. The summed E-state index contributed by atoms with van der Waals surface area (Å²) in [5, 5.41) is 9.10. The Labute approximate surface area is 108 Å². The van der Waals surface area contributed by atoms with Crippen LogP contribution in [0.5, 0.6) is 5.75 Å². The molecule has 0 aliphatic rings. The molecule has 0 bridgehead atoms. The van der Waals surface area contributed by atoms with Gasteiger partial charge in [0.05, 0.1) is 19.6 Å². The highest BCUT2D eigenvalue weighted by atomic mass is 16.5. The molecule has 0 aliphatic carbocycles. The Bertz CT molecular complexity index is 404. The van der Waals surface area contributed by atoms with Crippen LogP contribution in [-0.2, 0) is 11.4 Å². The SMILES string of the molecule is Cc1cc(CO)cc(C)c1OCCC(=O)N(C)C. The van der Waals surface area contributed by atoms with Gasteiger partial charge in [-0.05, 0) is 30.5 Å². The Morgan fingerprint density at radius 1 is 1.28 bits per heavy atom. The molecule has 4 heteroatoms. The van der Waals surface area contributed by atoms with Crippen molar-refractivity contribution in [2.75, 3.05) is 20.7 Å². The zero-order valence-electron chi connectivity index (χ0n) is 11.5. The molecule has 0 heterocycles. The fourth-order valence-electron chi connectivity index (χ4n) is 1.82. The van der Waals surface area contributed by atoms with Gasteiger partial charge in [0.25, 0.3) is 0 Å². The summed E-state index contributed by atoms with van der Waals surface area (Å²) in [6.07, 6.45) is 0.369. The van der Waals surface area contributed by atoms with Crippen LogP contribution in [0.2, 0.25) is 0 Å². The third kappa shape index (κ3) is 3.74. The Kier molecular flexibility index (Phi) is 5.16. The van der Waals surface area contributed by atoms with Gasteiger partial charge >= 0.3 is 0 Å². The van der Waals surface area contributed by atoms with E-state index in [4.69, 9.17) is 9.84 Å². The molecule has 18 heavy (non-hydrogen) atoms. The van der Waals surface area contributed by atoms with Crippen molar-refractivity contribution in [2.24, 2.45) is 0 Å². The summed E-state index contributed by atoms with van der Waals surface area (Å²) >= 11 is 0. The number of ether oxygens (including phenoxy) is 1. The van der Waals surface area contributed by atoms with Crippen molar-refractivity contribution in [1.29, 1.82) is 0 Å². The molecule has 0 radical (unpaired) electrons. The van der Waals surface area contributed by atoms with Gasteiger partial charge in [0.1, 0.15) is 5.75 Å². The van der Waals surface area contributed by atoms with Crippen LogP contribution < -0.4 is 4.74 Å². The van der Waals surface area contributed by atoms with Crippen molar-refractivity contribution in [3.8, 4) is 5.75 Å². The molecule has 0 saturated carbocycles. The normalized spacial score (nSPS) is 10.3. The van der Waals surface area contributed by atoms with Crippen molar-refractivity contribution in [3.63, 3.8) is 0 Å². The summed E-state index contributed by atoms with van der Waals surface area (Å²) in [6, 6.07) is 3.80. The molecule has 1 aromatic carbocycles. The lowest BCUT2D eigenvalue weighted by Gasteiger charge is -2.14. The number of aryl methyl sites for hydroxylation is 2. The summed E-state index contributed by atoms with van der Waals surface area (Å²) in [5.74, 6) is 0.857. The number of aliphatic hydroxyl groups excluding tert-OH is 1. The number of nitrogens with zero attached hydrogens (tertiary/aromatic N) is 1. The van der Waals surface area contributed by atoms with Crippen molar-refractivity contribution < 1.29 is 14.6 Å². The van der Waals surface area contributed by atoms with Gasteiger partial charge < -0.3 is 14.7 Å². The number of carbonyl (C=O) groups is 1. The zero-order chi connectivity index (χ0) is 13.7. The van der Waals surface area contributed by atoms with Crippen LogP contribution >= 0.6 is 0 Å². The van der Waals surface area contributed by atoms with Crippen LogP contribution in [0.4, 0.5) is 0 Å². The van der Waals surface area contributed by atoms with Crippen LogP contribution in [0.15, 0.2) is 12.1 Å². The maximum absolute atomic E-state index is 11.4. The van der Waals surface area contributed by atoms with Gasteiger partial charge in [0, 0.05) is 14.1 Å². The third-order valence-corrected chi connectivity index (χ3v) is 2.76. The van der Waals surface area contributed by atoms with E-state index in [2.05, 4.69) is 0 Å². The minimum atomic E-state index is 0.0288. The van der Waals surface area contributed by atoms with Gasteiger partial charge in [-0.25, -0.2) is 0 Å². The second-order valence-corrected chi connectivity index (χ2v) is 4.60. The van der Waals surface area contributed by atoms with Gasteiger partial charge in [-0.1, -0.05) is 12.1 Å². The minimum absolute atomic E-state index is 0.0288. The lowest BCUT2D eigenvalue weighted by Crippen LogP contribution is -2.23. The van der Waals surface area contributed by atoms with E-state index < -0.39 is 0 Å². The standard InChI is InChI=1S/C14H21NO3/c1-10-7-12(9-16)8-11(2)14(10)18-6-5-13(17)15(3)4/h7-8,16H,5-6,9H2,1-4H3. The number of hydrogen-bond donors (Lipinski definition) is 1. The largest absolute Gasteiger partial charge is 0.493 e. The molecular weight excluding hydrogens is 230 g/mol. The molecule has 0 aliphatic heterocycles. The average Bonchev–Trinajstić information content (AvgIpc) is 2.31. The summed E-state index contributed by atoms with van der Waals surface area (Å²) in [4.78, 5) is 13.0. The van der Waals surface area contributed by atoms with E-state index >= 15 is 0 Å². The quantitative estimate of drug-likeness (QED) is 0.865. The van der Waals surface area contributed by atoms with Crippen LogP contribution in [-0.4, -0.2) is 36.6 Å². The van der Waals surface area contributed by atoms with E-state index in [9.17, 15) is 4.79 Å². The highest BCUT2D eigenvalue weighted by Crippen LogP contribution is 2.25. The van der Waals surface area contributed by atoms with E-state index in [1.807, 2.05) is 26.0 Å². The Balaban J connectivity index is 2.65. The van der Waals surface area contributed by atoms with Gasteiger partial charge in [-0.3, -0.25) is 4.79 Å². The van der Waals surface area contributed by atoms with Crippen molar-refractivity contribution in [2.45, 2.75) is 26.9 Å². The molecule has 0 aromatic heterocycles. The number of carbonyl (C=O) groups excluding carboxylic acids is 1. The van der Waals surface area contributed by atoms with Crippen LogP contribution in [0, 0.1) is 13.8 Å². The van der Waals surface area contributed by atoms with E-state index in [1.54, 1.807) is 19.0 Å². The lowest BCUT2D eigenvalue weighted by atomic mass is 10.1. The van der Waals surface area contributed by atoms with E-state index in [-0.39, 0.29) is 12.5 Å². The van der Waals surface area contributed by atoms with Crippen molar-refractivity contribution >= 4 is 5.91 Å². The lowest BCUT2D eigenvalue weighted by molar-refractivity contribution is -0.129. The van der Waals surface area contributed by atoms with Gasteiger partial charge in [-0.15, -0.1) is 0 Å². The first-order valence-electron chi connectivity index (χ1n) is 5.99. The highest BCUT2D eigenvalue weighted by Gasteiger charge is 2.08. The summed E-state index contributed by atoms with van der Waals surface area (Å²) in [6.45, 7) is 4.28. The fourth-order valence-corrected chi connectivity index (χ4v) is 1.82. The molecule has 0 atom stereocenters. The zero-order valence-corrected chi connectivity index (χ0v) is 11.5. The first-order valence-corrected chi connectivity index (χ1v) is 5.99. The van der Waals surface area contributed by atoms with Gasteiger partial charge in [-0.2, -0.15) is 0 Å². The average molecular weight is 251 g/mol. The van der Waals surface area contributed by atoms with E-state index in [0.29, 0.717) is 13.0 Å². The van der Waals surface area contributed by atoms with Crippen molar-refractivity contribution in [3.05, 3.63) is 28.8 Å². The Morgan fingerprint density at radius 2 is 1.83 bits per heavy atom. The maximum atomic E-state index is 11.4. The molecule has 1 amide bonds. The van der Waals surface area contributed by atoms with Gasteiger partial charge in [0.15, 0.2) is 0 Å². The molecule has 1 rings (SSSR count). The second-order valence-electron chi connectivity index (χ2n) is 4.60. The monoisotopic (exact) mass is 251 g/mol. The van der Waals surface area contributed by atoms with E-state index in [1.165, 1.54) is 0 Å². The smallest absolute Gasteiger partial charge is 0.225 e. The molecule has 1 aromatic rings. The third-order valence-electron chi connectivity index (χ3n) is 2.76. The first-order chi connectivity index (χ1) is 8.45. The predicted molar refractivity (Wildman–Crippen MR) is 70.6 cm³/mol. The molecule has 4 nitrogen and oxygen atoms in total. The second kappa shape index (κ2) is 6.40. The summed E-state index contributed by atoms with van der Waals surface area (Å²) in [7, 11) is 3.46. The molecule has 0 unspecified atom stereocenters. The summed E-state index contributed by atoms with van der Waals surface area (Å²) < 4.78 is 5.66. The number of aliphatic hydroxyl groups is 1. The molecule has 100 valence electrons. The predicted octanol–water partition coefficient (Wildman–Crippen LogP) is 1.65. The van der Waals surface area contributed by atoms with Crippen molar-refractivity contribution in [1.82, 2.24) is 4.90 Å². The number of rotatable bonds is 5. The van der Waals surface area contributed by atoms with Crippen LogP contribution in [0.25, 0.3) is 0 Å². The minimum Gasteiger partial charge on any atom is -0.493 e. The molecule has 0 saturated heterocycles. The Hall–Kier alpha value is -1.55. The molecular formula is C14H21NO3. The topological polar surface area (TPSA) is 49.8 Å². The highest BCUT2D eigenvalue weighted by molar-refractivity contribution is 5.75. The van der Waals surface area contributed by atoms with Crippen LogP contribution in [0.1, 0.15) is 23.1 Å². The van der Waals surface area contributed by atoms with Gasteiger partial charge in [0.2, 0.25) is 5.91 Å². The number of hydrogen-bond acceptors (Lipinski definition) is 3. The first kappa shape index (κ1) is 14.5. The van der Waals surface area contributed by atoms with E-state index in [0.717, 1.165) is 22.4 Å². The number of benzene rings is 1. The molecule has 1 N–H and O–H groups in total. The molecule has 0 fully saturated rings. The summed E-state index contributed by atoms with van der Waals surface area (Å²) in [5.41, 5.74) is 2.84. The molecule has 0 spiro atoms. The fraction of sp³-hybridized carbons (Fsp3) is 0.500. The number of amides is 1. The van der Waals surface area contributed by atoms with Crippen LogP contribution in [0.3, 0.4) is 0 Å². The maximum Gasteiger partial charge on any atom is 0.225 e.